The van der Waals surface area contributed by atoms with Crippen molar-refractivity contribution in [1.82, 2.24) is 5.32 Å². The Balaban J connectivity index is 3.98. The Morgan fingerprint density at radius 1 is 1.57 bits per heavy atom. The highest BCUT2D eigenvalue weighted by Gasteiger charge is 2.19. The van der Waals surface area contributed by atoms with E-state index in [4.69, 9.17) is 16.0 Å². The molecule has 0 saturated heterocycles. The fourth-order valence-electron chi connectivity index (χ4n) is 1.42. The third-order valence-electron chi connectivity index (χ3n) is 2.02. The largest absolute Gasteiger partial charge is 0.409 e. The molecule has 0 bridgehead atoms. The monoisotopic (exact) mass is 203 g/mol. The van der Waals surface area contributed by atoms with Crippen LogP contribution in [0, 0.1) is 0 Å². The summed E-state index contributed by atoms with van der Waals surface area (Å²) < 4.78 is 0. The van der Waals surface area contributed by atoms with Gasteiger partial charge < -0.3 is 21.4 Å². The van der Waals surface area contributed by atoms with Gasteiger partial charge in [-0.15, -0.1) is 0 Å². The number of nitrogens with one attached hydrogen (secondary N) is 1. The summed E-state index contributed by atoms with van der Waals surface area (Å²) in [5.41, 5.74) is 5.24. The predicted molar refractivity (Wildman–Crippen MR) is 56.4 cm³/mol. The lowest BCUT2D eigenvalue weighted by Gasteiger charge is -2.29. The summed E-state index contributed by atoms with van der Waals surface area (Å²) >= 11 is 0. The first-order valence-electron chi connectivity index (χ1n) is 4.76. The Morgan fingerprint density at radius 3 is 2.57 bits per heavy atom. The molecule has 14 heavy (non-hydrogen) atoms. The van der Waals surface area contributed by atoms with Gasteiger partial charge in [0.2, 0.25) is 0 Å². The highest BCUT2D eigenvalue weighted by atomic mass is 16.4. The molecule has 0 radical (unpaired) electrons. The van der Waals surface area contributed by atoms with E-state index in [1.165, 1.54) is 0 Å². The van der Waals surface area contributed by atoms with Crippen LogP contribution in [0.5, 0.6) is 0 Å². The molecule has 5 nitrogen and oxygen atoms in total. The van der Waals surface area contributed by atoms with Crippen LogP contribution in [0.2, 0.25) is 0 Å². The van der Waals surface area contributed by atoms with E-state index in [2.05, 4.69) is 10.5 Å². The molecule has 0 spiro atoms. The summed E-state index contributed by atoms with van der Waals surface area (Å²) in [6.45, 7) is 6.12. The molecule has 0 aliphatic carbocycles. The topological polar surface area (TPSA) is 90.9 Å². The Morgan fingerprint density at radius 2 is 2.14 bits per heavy atom. The number of aliphatic hydroxyl groups is 1. The molecule has 0 rings (SSSR count). The van der Waals surface area contributed by atoms with Crippen LogP contribution in [-0.2, 0) is 0 Å². The molecule has 0 saturated carbocycles. The normalized spacial score (nSPS) is 15.6. The van der Waals surface area contributed by atoms with Gasteiger partial charge in [0.15, 0.2) is 0 Å². The molecule has 0 aromatic rings. The van der Waals surface area contributed by atoms with E-state index in [0.717, 1.165) is 0 Å². The number of rotatable bonds is 6. The minimum Gasteiger partial charge on any atom is -0.409 e. The molecule has 0 aromatic carbocycles. The summed E-state index contributed by atoms with van der Waals surface area (Å²) in [5.74, 6) is 0.213. The van der Waals surface area contributed by atoms with Crippen LogP contribution in [0.25, 0.3) is 0 Å². The first-order valence-corrected chi connectivity index (χ1v) is 4.76. The third kappa shape index (κ3) is 5.77. The van der Waals surface area contributed by atoms with E-state index in [1.54, 1.807) is 0 Å². The number of oxime groups is 1. The third-order valence-corrected chi connectivity index (χ3v) is 2.02. The van der Waals surface area contributed by atoms with Gasteiger partial charge in [-0.05, 0) is 27.2 Å². The number of amidine groups is 1. The minimum absolute atomic E-state index is 0.118. The second kappa shape index (κ2) is 5.82. The van der Waals surface area contributed by atoms with Crippen LogP contribution in [0.3, 0.4) is 0 Å². The van der Waals surface area contributed by atoms with E-state index in [-0.39, 0.29) is 24.0 Å². The van der Waals surface area contributed by atoms with Crippen LogP contribution in [0.15, 0.2) is 5.16 Å². The zero-order chi connectivity index (χ0) is 11.2. The number of hydrogen-bond acceptors (Lipinski definition) is 4. The highest BCUT2D eigenvalue weighted by molar-refractivity contribution is 5.80. The van der Waals surface area contributed by atoms with Gasteiger partial charge in [0.25, 0.3) is 0 Å². The first-order chi connectivity index (χ1) is 6.41. The van der Waals surface area contributed by atoms with Crippen molar-refractivity contribution in [2.24, 2.45) is 10.9 Å². The highest BCUT2D eigenvalue weighted by Crippen LogP contribution is 2.09. The van der Waals surface area contributed by atoms with Gasteiger partial charge in [-0.2, -0.15) is 0 Å². The quantitative estimate of drug-likeness (QED) is 0.216. The van der Waals surface area contributed by atoms with Gasteiger partial charge in [-0.3, -0.25) is 0 Å². The van der Waals surface area contributed by atoms with E-state index in [1.807, 2.05) is 20.8 Å². The maximum Gasteiger partial charge on any atom is 0.140 e. The van der Waals surface area contributed by atoms with Crippen molar-refractivity contribution in [2.75, 3.05) is 6.61 Å². The molecular formula is C9H21N3O2. The molecule has 84 valence electrons. The van der Waals surface area contributed by atoms with Crippen molar-refractivity contribution in [1.29, 1.82) is 0 Å². The molecular weight excluding hydrogens is 182 g/mol. The Kier molecular flexibility index (Phi) is 5.49. The van der Waals surface area contributed by atoms with Crippen LogP contribution in [-0.4, -0.2) is 34.3 Å². The predicted octanol–water partition coefficient (Wildman–Crippen LogP) is 0.262. The Labute approximate surface area is 85.0 Å². The van der Waals surface area contributed by atoms with E-state index in [9.17, 15) is 0 Å². The van der Waals surface area contributed by atoms with E-state index < -0.39 is 0 Å². The first kappa shape index (κ1) is 13.2. The SMILES string of the molecule is CC(CC(N)=NO)NC(C)(C)CCO. The molecule has 0 heterocycles. The van der Waals surface area contributed by atoms with Crippen molar-refractivity contribution in [3.05, 3.63) is 0 Å². The van der Waals surface area contributed by atoms with Crippen LogP contribution >= 0.6 is 0 Å². The molecule has 0 fully saturated rings. The fraction of sp³-hybridized carbons (Fsp3) is 0.889. The average molecular weight is 203 g/mol. The van der Waals surface area contributed by atoms with Crippen LogP contribution < -0.4 is 11.1 Å². The zero-order valence-electron chi connectivity index (χ0n) is 9.12. The molecule has 0 aliphatic rings. The molecule has 5 N–H and O–H groups in total. The fourth-order valence-corrected chi connectivity index (χ4v) is 1.42. The van der Waals surface area contributed by atoms with Crippen molar-refractivity contribution in [2.45, 2.75) is 45.2 Å². The lowest BCUT2D eigenvalue weighted by Crippen LogP contribution is -2.46. The summed E-state index contributed by atoms with van der Waals surface area (Å²) in [7, 11) is 0. The molecule has 5 heteroatoms. The molecule has 0 amide bonds. The summed E-state index contributed by atoms with van der Waals surface area (Å²) in [6, 6.07) is 0.118. The van der Waals surface area contributed by atoms with Gasteiger partial charge in [0.05, 0.1) is 0 Å². The number of hydrogen-bond donors (Lipinski definition) is 4. The summed E-state index contributed by atoms with van der Waals surface area (Å²) in [5, 5.41) is 23.4. The van der Waals surface area contributed by atoms with Gasteiger partial charge in [0, 0.05) is 24.6 Å². The smallest absolute Gasteiger partial charge is 0.140 e. The second-order valence-electron chi connectivity index (χ2n) is 4.20. The summed E-state index contributed by atoms with van der Waals surface area (Å²) in [4.78, 5) is 0. The van der Waals surface area contributed by atoms with Crippen molar-refractivity contribution in [3.63, 3.8) is 0 Å². The minimum atomic E-state index is -0.135. The van der Waals surface area contributed by atoms with Crippen LogP contribution in [0.1, 0.15) is 33.6 Å². The average Bonchev–Trinajstić information content (AvgIpc) is 2.02. The number of nitrogens with two attached hydrogens (primary N) is 1. The van der Waals surface area contributed by atoms with E-state index in [0.29, 0.717) is 12.8 Å². The molecule has 0 aliphatic heterocycles. The Bertz CT molecular complexity index is 192. The lowest BCUT2D eigenvalue weighted by atomic mass is 9.99. The van der Waals surface area contributed by atoms with Crippen LogP contribution in [0.4, 0.5) is 0 Å². The van der Waals surface area contributed by atoms with Gasteiger partial charge in [-0.25, -0.2) is 0 Å². The standard InChI is InChI=1S/C9H21N3O2/c1-7(6-8(10)12-14)11-9(2,3)4-5-13/h7,11,13-14H,4-6H2,1-3H3,(H2,10,12). The van der Waals surface area contributed by atoms with Gasteiger partial charge >= 0.3 is 0 Å². The molecule has 1 unspecified atom stereocenters. The maximum atomic E-state index is 8.81. The zero-order valence-corrected chi connectivity index (χ0v) is 9.12. The molecule has 1 atom stereocenters. The van der Waals surface area contributed by atoms with Gasteiger partial charge in [-0.1, -0.05) is 5.16 Å². The van der Waals surface area contributed by atoms with Crippen molar-refractivity contribution in [3.8, 4) is 0 Å². The maximum absolute atomic E-state index is 8.81. The molecule has 0 aromatic heterocycles. The number of nitrogens with zero attached hydrogens (tertiary/aromatic N) is 1. The number of aliphatic hydroxyl groups excluding tert-OH is 1. The van der Waals surface area contributed by atoms with Crippen molar-refractivity contribution >= 4 is 5.84 Å². The van der Waals surface area contributed by atoms with Crippen molar-refractivity contribution < 1.29 is 10.3 Å². The summed E-state index contributed by atoms with van der Waals surface area (Å²) in [6.07, 6.45) is 1.17. The van der Waals surface area contributed by atoms with Gasteiger partial charge in [0.1, 0.15) is 5.84 Å². The second-order valence-corrected chi connectivity index (χ2v) is 4.20. The van der Waals surface area contributed by atoms with E-state index >= 15 is 0 Å². The lowest BCUT2D eigenvalue weighted by molar-refractivity contribution is 0.221. The Hall–Kier alpha value is -0.810.